The molecule has 1 aromatic rings. The quantitative estimate of drug-likeness (QED) is 0.679. The number of ether oxygens (including phenoxy) is 2. The zero-order valence-corrected chi connectivity index (χ0v) is 9.65. The maximum atomic E-state index is 11.8. The second-order valence-corrected chi connectivity index (χ2v) is 4.26. The van der Waals surface area contributed by atoms with Gasteiger partial charge in [-0.05, 0) is 13.0 Å². The van der Waals surface area contributed by atoms with Crippen molar-refractivity contribution >= 4 is 11.9 Å². The van der Waals surface area contributed by atoms with Gasteiger partial charge in [0.15, 0.2) is 5.75 Å². The van der Waals surface area contributed by atoms with Crippen molar-refractivity contribution in [3.05, 3.63) is 17.8 Å². The van der Waals surface area contributed by atoms with Crippen LogP contribution >= 0.6 is 0 Å². The third kappa shape index (κ3) is 1.47. The Morgan fingerprint density at radius 3 is 2.83 bits per heavy atom. The second-order valence-electron chi connectivity index (χ2n) is 4.26. The number of urea groups is 1. The molecule has 7 nitrogen and oxygen atoms in total. The van der Waals surface area contributed by atoms with Gasteiger partial charge in [-0.15, -0.1) is 0 Å². The number of carbonyl (C=O) groups excluding carboxylic acids is 2. The number of aromatic nitrogens is 1. The largest absolute Gasteiger partial charge is 0.484 e. The molecule has 0 aliphatic carbocycles. The minimum atomic E-state index is -1.13. The molecule has 1 unspecified atom stereocenters. The Morgan fingerprint density at radius 1 is 1.33 bits per heavy atom. The first kappa shape index (κ1) is 10.8. The van der Waals surface area contributed by atoms with Gasteiger partial charge in [0, 0.05) is 11.8 Å². The monoisotopic (exact) mass is 249 g/mol. The van der Waals surface area contributed by atoms with Gasteiger partial charge in [0.2, 0.25) is 0 Å². The topological polar surface area (TPSA) is 89.6 Å². The highest BCUT2D eigenvalue weighted by atomic mass is 16.6. The highest BCUT2D eigenvalue weighted by Crippen LogP contribution is 2.33. The number of carbonyl (C=O) groups is 2. The van der Waals surface area contributed by atoms with Crippen LogP contribution in [-0.4, -0.2) is 30.1 Å². The lowest BCUT2D eigenvalue weighted by molar-refractivity contribution is -0.123. The molecule has 3 rings (SSSR count). The van der Waals surface area contributed by atoms with Crippen molar-refractivity contribution in [3.8, 4) is 11.6 Å². The zero-order valence-electron chi connectivity index (χ0n) is 9.65. The van der Waals surface area contributed by atoms with Gasteiger partial charge in [-0.25, -0.2) is 9.78 Å². The number of fused-ring (bicyclic) bond motifs is 1. The van der Waals surface area contributed by atoms with E-state index >= 15 is 0 Å². The summed E-state index contributed by atoms with van der Waals surface area (Å²) in [5, 5.41) is 4.76. The fourth-order valence-corrected chi connectivity index (χ4v) is 1.95. The Labute approximate surface area is 102 Å². The summed E-state index contributed by atoms with van der Waals surface area (Å²) in [5.74, 6) is 0.471. The first-order valence-corrected chi connectivity index (χ1v) is 5.49. The van der Waals surface area contributed by atoms with E-state index in [4.69, 9.17) is 9.47 Å². The van der Waals surface area contributed by atoms with Crippen LogP contribution in [0.4, 0.5) is 4.79 Å². The van der Waals surface area contributed by atoms with Crippen molar-refractivity contribution in [3.63, 3.8) is 0 Å². The molecule has 0 bridgehead atoms. The van der Waals surface area contributed by atoms with Crippen LogP contribution in [0.25, 0.3) is 0 Å². The van der Waals surface area contributed by atoms with Crippen LogP contribution in [0.1, 0.15) is 12.5 Å². The molecule has 1 atom stereocenters. The van der Waals surface area contributed by atoms with E-state index < -0.39 is 17.5 Å². The fourth-order valence-electron chi connectivity index (χ4n) is 1.95. The molecule has 3 amide bonds. The van der Waals surface area contributed by atoms with Gasteiger partial charge in [-0.3, -0.25) is 10.1 Å². The van der Waals surface area contributed by atoms with E-state index in [2.05, 4.69) is 15.6 Å². The van der Waals surface area contributed by atoms with E-state index in [-0.39, 0.29) is 0 Å². The molecular formula is C11H11N3O4. The van der Waals surface area contributed by atoms with Crippen molar-refractivity contribution < 1.29 is 19.1 Å². The molecule has 0 saturated carbocycles. The van der Waals surface area contributed by atoms with Gasteiger partial charge in [-0.1, -0.05) is 0 Å². The smallest absolute Gasteiger partial charge is 0.322 e. The van der Waals surface area contributed by atoms with Crippen LogP contribution in [0.15, 0.2) is 12.3 Å². The number of imide groups is 1. The third-order valence-corrected chi connectivity index (χ3v) is 3.02. The molecule has 7 heteroatoms. The summed E-state index contributed by atoms with van der Waals surface area (Å²) >= 11 is 0. The Kier molecular flexibility index (Phi) is 2.16. The third-order valence-electron chi connectivity index (χ3n) is 3.02. The lowest BCUT2D eigenvalue weighted by Gasteiger charge is -2.23. The molecule has 2 N–H and O–H groups in total. The average molecular weight is 249 g/mol. The van der Waals surface area contributed by atoms with Crippen LogP contribution < -0.4 is 20.1 Å². The normalized spacial score (nSPS) is 25.6. The summed E-state index contributed by atoms with van der Waals surface area (Å²) < 4.78 is 10.7. The molecule has 0 aromatic carbocycles. The molecule has 1 aromatic heterocycles. The van der Waals surface area contributed by atoms with Crippen LogP contribution in [0.3, 0.4) is 0 Å². The summed E-state index contributed by atoms with van der Waals surface area (Å²) in [6, 6.07) is 1.14. The standard InChI is InChI=1S/C11H11N3O4/c1-11(9(15)13-10(16)14-11)6-4-7-8(12-5-6)18-3-2-17-7/h4-5H,2-3H2,1H3,(H2,13,14,15,16). The van der Waals surface area contributed by atoms with E-state index in [1.165, 1.54) is 6.20 Å². The van der Waals surface area contributed by atoms with E-state index in [1.807, 2.05) is 0 Å². The van der Waals surface area contributed by atoms with E-state index in [1.54, 1.807) is 13.0 Å². The molecule has 94 valence electrons. The molecule has 3 heterocycles. The van der Waals surface area contributed by atoms with Crippen molar-refractivity contribution in [2.24, 2.45) is 0 Å². The average Bonchev–Trinajstić information content (AvgIpc) is 2.63. The summed E-state index contributed by atoms with van der Waals surface area (Å²) in [5.41, 5.74) is -0.574. The van der Waals surface area contributed by atoms with Crippen LogP contribution in [0.5, 0.6) is 11.6 Å². The highest BCUT2D eigenvalue weighted by molar-refractivity contribution is 6.07. The van der Waals surface area contributed by atoms with Gasteiger partial charge < -0.3 is 14.8 Å². The first-order chi connectivity index (χ1) is 8.59. The van der Waals surface area contributed by atoms with Gasteiger partial charge in [0.1, 0.15) is 18.8 Å². The second kappa shape index (κ2) is 3.59. The van der Waals surface area contributed by atoms with Crippen molar-refractivity contribution in [1.82, 2.24) is 15.6 Å². The van der Waals surface area contributed by atoms with E-state index in [0.29, 0.717) is 30.4 Å². The molecule has 1 fully saturated rings. The SMILES string of the molecule is CC1(c2cnc3c(c2)OCCO3)NC(=O)NC1=O. The molecule has 18 heavy (non-hydrogen) atoms. The lowest BCUT2D eigenvalue weighted by atomic mass is 9.94. The summed E-state index contributed by atoms with van der Waals surface area (Å²) in [4.78, 5) is 27.1. The molecule has 0 spiro atoms. The zero-order chi connectivity index (χ0) is 12.8. The van der Waals surface area contributed by atoms with Crippen LogP contribution in [0, 0.1) is 0 Å². The van der Waals surface area contributed by atoms with Gasteiger partial charge in [0.05, 0.1) is 0 Å². The Morgan fingerprint density at radius 2 is 2.11 bits per heavy atom. The Hall–Kier alpha value is -2.31. The van der Waals surface area contributed by atoms with Crippen LogP contribution in [-0.2, 0) is 10.3 Å². The van der Waals surface area contributed by atoms with E-state index in [9.17, 15) is 9.59 Å². The first-order valence-electron chi connectivity index (χ1n) is 5.49. The number of nitrogens with one attached hydrogen (secondary N) is 2. The number of nitrogens with zero attached hydrogens (tertiary/aromatic N) is 1. The number of amides is 3. The number of hydrogen-bond acceptors (Lipinski definition) is 5. The predicted octanol–water partition coefficient (Wildman–Crippen LogP) is -0.0926. The number of rotatable bonds is 1. The maximum absolute atomic E-state index is 11.8. The summed E-state index contributed by atoms with van der Waals surface area (Å²) in [7, 11) is 0. The summed E-state index contributed by atoms with van der Waals surface area (Å²) in [6.07, 6.45) is 1.50. The van der Waals surface area contributed by atoms with E-state index in [0.717, 1.165) is 0 Å². The minimum absolute atomic E-state index is 0.401. The molecular weight excluding hydrogens is 238 g/mol. The van der Waals surface area contributed by atoms with Gasteiger partial charge in [0.25, 0.3) is 11.8 Å². The highest BCUT2D eigenvalue weighted by Gasteiger charge is 2.44. The minimum Gasteiger partial charge on any atom is -0.484 e. The van der Waals surface area contributed by atoms with Gasteiger partial charge in [-0.2, -0.15) is 0 Å². The lowest BCUT2D eigenvalue weighted by Crippen LogP contribution is -2.40. The molecule has 2 aliphatic rings. The number of pyridine rings is 1. The van der Waals surface area contributed by atoms with Gasteiger partial charge >= 0.3 is 6.03 Å². The number of hydrogen-bond donors (Lipinski definition) is 2. The van der Waals surface area contributed by atoms with Crippen LogP contribution in [0.2, 0.25) is 0 Å². The molecule has 2 aliphatic heterocycles. The van der Waals surface area contributed by atoms with Crippen molar-refractivity contribution in [2.75, 3.05) is 13.2 Å². The molecule has 0 radical (unpaired) electrons. The summed E-state index contributed by atoms with van der Waals surface area (Å²) in [6.45, 7) is 2.50. The Balaban J connectivity index is 2.02. The molecule has 1 saturated heterocycles. The Bertz CT molecular complexity index is 545. The van der Waals surface area contributed by atoms with Crippen molar-refractivity contribution in [2.45, 2.75) is 12.5 Å². The maximum Gasteiger partial charge on any atom is 0.322 e. The fraction of sp³-hybridized carbons (Fsp3) is 0.364. The van der Waals surface area contributed by atoms with Crippen molar-refractivity contribution in [1.29, 1.82) is 0 Å². The predicted molar refractivity (Wildman–Crippen MR) is 59.3 cm³/mol.